The van der Waals surface area contributed by atoms with Crippen molar-refractivity contribution in [1.29, 1.82) is 0 Å². The van der Waals surface area contributed by atoms with E-state index in [2.05, 4.69) is 5.32 Å². The summed E-state index contributed by atoms with van der Waals surface area (Å²) in [4.78, 5) is 10.9. The van der Waals surface area contributed by atoms with Crippen LogP contribution in [0.5, 0.6) is 5.75 Å². The Kier molecular flexibility index (Phi) is 5.01. The van der Waals surface area contributed by atoms with E-state index >= 15 is 0 Å². The number of nitro groups is 1. The van der Waals surface area contributed by atoms with Crippen LogP contribution in [-0.2, 0) is 4.74 Å². The molecule has 1 unspecified atom stereocenters. The molecule has 21 heavy (non-hydrogen) atoms. The highest BCUT2D eigenvalue weighted by Gasteiger charge is 2.30. The first-order valence-electron chi connectivity index (χ1n) is 7.34. The average molecular weight is 294 g/mol. The standard InChI is InChI=1S/C15H22N2O4/c1-3-9-20-13-7-4-6-12(14(13)17(18)19)16-11-15(2)8-5-10-21-15/h4,6-7,16H,3,5,8-11H2,1-2H3. The predicted octanol–water partition coefficient (Wildman–Crippen LogP) is 3.36. The zero-order valence-electron chi connectivity index (χ0n) is 12.6. The third-order valence-corrected chi connectivity index (χ3v) is 3.60. The molecule has 0 bridgehead atoms. The second kappa shape index (κ2) is 6.76. The van der Waals surface area contributed by atoms with Gasteiger partial charge in [0.2, 0.25) is 0 Å². The van der Waals surface area contributed by atoms with Gasteiger partial charge in [0.15, 0.2) is 5.75 Å². The Labute approximate surface area is 124 Å². The lowest BCUT2D eigenvalue weighted by atomic mass is 10.0. The maximum Gasteiger partial charge on any atom is 0.333 e. The van der Waals surface area contributed by atoms with Gasteiger partial charge in [-0.15, -0.1) is 0 Å². The highest BCUT2D eigenvalue weighted by Crippen LogP contribution is 2.36. The van der Waals surface area contributed by atoms with Crippen molar-refractivity contribution in [3.63, 3.8) is 0 Å². The summed E-state index contributed by atoms with van der Waals surface area (Å²) >= 11 is 0. The Hall–Kier alpha value is -1.82. The molecule has 1 atom stereocenters. The van der Waals surface area contributed by atoms with E-state index in [4.69, 9.17) is 9.47 Å². The van der Waals surface area contributed by atoms with Crippen molar-refractivity contribution in [2.24, 2.45) is 0 Å². The molecule has 1 aromatic carbocycles. The third-order valence-electron chi connectivity index (χ3n) is 3.60. The number of nitrogens with one attached hydrogen (secondary N) is 1. The third kappa shape index (κ3) is 3.85. The molecule has 1 N–H and O–H groups in total. The molecule has 6 heteroatoms. The van der Waals surface area contributed by atoms with Crippen LogP contribution in [0.3, 0.4) is 0 Å². The Morgan fingerprint density at radius 2 is 2.33 bits per heavy atom. The molecule has 2 rings (SSSR count). The lowest BCUT2D eigenvalue weighted by Gasteiger charge is -2.24. The largest absolute Gasteiger partial charge is 0.487 e. The number of nitro benzene ring substituents is 1. The fourth-order valence-corrected chi connectivity index (χ4v) is 2.44. The van der Waals surface area contributed by atoms with Gasteiger partial charge in [-0.1, -0.05) is 13.0 Å². The molecular weight excluding hydrogens is 272 g/mol. The average Bonchev–Trinajstić information content (AvgIpc) is 2.90. The Balaban J connectivity index is 2.15. The minimum Gasteiger partial charge on any atom is -0.487 e. The van der Waals surface area contributed by atoms with E-state index in [1.54, 1.807) is 18.2 Å². The fraction of sp³-hybridized carbons (Fsp3) is 0.600. The smallest absolute Gasteiger partial charge is 0.333 e. The second-order valence-corrected chi connectivity index (χ2v) is 5.51. The van der Waals surface area contributed by atoms with Crippen LogP contribution in [0.1, 0.15) is 33.1 Å². The van der Waals surface area contributed by atoms with E-state index in [1.807, 2.05) is 13.8 Å². The first-order valence-corrected chi connectivity index (χ1v) is 7.34. The molecule has 1 heterocycles. The van der Waals surface area contributed by atoms with Crippen LogP contribution in [0.15, 0.2) is 18.2 Å². The molecule has 116 valence electrons. The number of nitrogens with zero attached hydrogens (tertiary/aromatic N) is 1. The number of para-hydroxylation sites is 1. The summed E-state index contributed by atoms with van der Waals surface area (Å²) in [7, 11) is 0. The monoisotopic (exact) mass is 294 g/mol. The van der Waals surface area contributed by atoms with Crippen LogP contribution in [0, 0.1) is 10.1 Å². The lowest BCUT2D eigenvalue weighted by Crippen LogP contribution is -2.32. The van der Waals surface area contributed by atoms with Gasteiger partial charge in [-0.2, -0.15) is 0 Å². The van der Waals surface area contributed by atoms with Crippen LogP contribution < -0.4 is 10.1 Å². The first kappa shape index (κ1) is 15.6. The van der Waals surface area contributed by atoms with E-state index in [0.29, 0.717) is 24.6 Å². The molecule has 1 fully saturated rings. The van der Waals surface area contributed by atoms with Crippen molar-refractivity contribution >= 4 is 11.4 Å². The van der Waals surface area contributed by atoms with Gasteiger partial charge in [0.05, 0.1) is 17.1 Å². The lowest BCUT2D eigenvalue weighted by molar-refractivity contribution is -0.385. The summed E-state index contributed by atoms with van der Waals surface area (Å²) < 4.78 is 11.2. The molecule has 1 aliphatic rings. The normalized spacial score (nSPS) is 21.2. The molecule has 0 aromatic heterocycles. The second-order valence-electron chi connectivity index (χ2n) is 5.51. The Morgan fingerprint density at radius 3 is 2.95 bits per heavy atom. The van der Waals surface area contributed by atoms with Gasteiger partial charge in [-0.3, -0.25) is 10.1 Å². The summed E-state index contributed by atoms with van der Waals surface area (Å²) in [5.74, 6) is 0.310. The quantitative estimate of drug-likeness (QED) is 0.616. The summed E-state index contributed by atoms with van der Waals surface area (Å²) in [6, 6.07) is 5.10. The van der Waals surface area contributed by atoms with Gasteiger partial charge in [0.1, 0.15) is 5.69 Å². The summed E-state index contributed by atoms with van der Waals surface area (Å²) in [6.45, 7) is 5.75. The predicted molar refractivity (Wildman–Crippen MR) is 81.0 cm³/mol. The molecule has 6 nitrogen and oxygen atoms in total. The Bertz CT molecular complexity index is 498. The maximum atomic E-state index is 11.3. The highest BCUT2D eigenvalue weighted by atomic mass is 16.6. The van der Waals surface area contributed by atoms with Crippen LogP contribution in [0.2, 0.25) is 0 Å². The molecule has 1 saturated heterocycles. The minimum atomic E-state index is -0.398. The zero-order chi connectivity index (χ0) is 15.3. The molecule has 0 aliphatic carbocycles. The first-order chi connectivity index (χ1) is 10.1. The minimum absolute atomic E-state index is 0.00690. The number of ether oxygens (including phenoxy) is 2. The number of anilines is 1. The van der Waals surface area contributed by atoms with Gasteiger partial charge in [-0.25, -0.2) is 0 Å². The summed E-state index contributed by atoms with van der Waals surface area (Å²) in [5.41, 5.74) is 0.214. The van der Waals surface area contributed by atoms with Crippen molar-refractivity contribution in [3.05, 3.63) is 28.3 Å². The highest BCUT2D eigenvalue weighted by molar-refractivity contribution is 5.68. The van der Waals surface area contributed by atoms with Crippen molar-refractivity contribution in [2.75, 3.05) is 25.1 Å². The number of rotatable bonds is 7. The van der Waals surface area contributed by atoms with Gasteiger partial charge < -0.3 is 14.8 Å². The van der Waals surface area contributed by atoms with Crippen molar-refractivity contribution < 1.29 is 14.4 Å². The fourth-order valence-electron chi connectivity index (χ4n) is 2.44. The maximum absolute atomic E-state index is 11.3. The van der Waals surface area contributed by atoms with E-state index < -0.39 is 4.92 Å². The SMILES string of the molecule is CCCOc1cccc(NCC2(C)CCCO2)c1[N+](=O)[O-]. The van der Waals surface area contributed by atoms with Gasteiger partial charge in [0.25, 0.3) is 0 Å². The van der Waals surface area contributed by atoms with Crippen molar-refractivity contribution in [2.45, 2.75) is 38.7 Å². The zero-order valence-corrected chi connectivity index (χ0v) is 12.6. The van der Waals surface area contributed by atoms with Crippen LogP contribution >= 0.6 is 0 Å². The van der Waals surface area contributed by atoms with E-state index in [-0.39, 0.29) is 11.3 Å². The van der Waals surface area contributed by atoms with Crippen molar-refractivity contribution in [1.82, 2.24) is 0 Å². The molecule has 0 spiro atoms. The Morgan fingerprint density at radius 1 is 1.52 bits per heavy atom. The van der Waals surface area contributed by atoms with Gasteiger partial charge >= 0.3 is 5.69 Å². The summed E-state index contributed by atoms with van der Waals surface area (Å²) in [6.07, 6.45) is 2.79. The van der Waals surface area contributed by atoms with Crippen LogP contribution in [0.4, 0.5) is 11.4 Å². The number of hydrogen-bond acceptors (Lipinski definition) is 5. The van der Waals surface area contributed by atoms with E-state index in [0.717, 1.165) is 25.9 Å². The summed E-state index contributed by atoms with van der Waals surface area (Å²) in [5, 5.41) is 14.5. The topological polar surface area (TPSA) is 73.6 Å². The molecule has 0 radical (unpaired) electrons. The molecule has 1 aromatic rings. The van der Waals surface area contributed by atoms with Crippen molar-refractivity contribution in [3.8, 4) is 5.75 Å². The number of hydrogen-bond donors (Lipinski definition) is 1. The van der Waals surface area contributed by atoms with E-state index in [1.165, 1.54) is 0 Å². The van der Waals surface area contributed by atoms with Crippen LogP contribution in [-0.4, -0.2) is 30.3 Å². The number of benzene rings is 1. The molecule has 0 saturated carbocycles. The van der Waals surface area contributed by atoms with Crippen LogP contribution in [0.25, 0.3) is 0 Å². The molecule has 0 amide bonds. The molecule has 1 aliphatic heterocycles. The van der Waals surface area contributed by atoms with Gasteiger partial charge in [0, 0.05) is 13.2 Å². The molecular formula is C15H22N2O4. The van der Waals surface area contributed by atoms with Gasteiger partial charge in [-0.05, 0) is 38.3 Å². The van der Waals surface area contributed by atoms with E-state index in [9.17, 15) is 10.1 Å².